The topological polar surface area (TPSA) is 96.0 Å². The minimum atomic E-state index is -3.88. The second kappa shape index (κ2) is 14.0. The molecule has 0 aliphatic rings. The Morgan fingerprint density at radius 2 is 1.55 bits per heavy atom. The number of carbonyl (C=O) groups is 2. The molecule has 0 aliphatic heterocycles. The van der Waals surface area contributed by atoms with Crippen LogP contribution in [-0.4, -0.2) is 57.1 Å². The monoisotopic (exact) mass is 565 g/mol. The molecule has 214 valence electrons. The molecule has 3 rings (SSSR count). The Hall–Kier alpha value is -3.85. The van der Waals surface area contributed by atoms with Crippen LogP contribution in [0.15, 0.2) is 78.9 Å². The number of methoxy groups -OCH3 is 1. The van der Waals surface area contributed by atoms with Crippen LogP contribution in [0.1, 0.15) is 37.0 Å². The van der Waals surface area contributed by atoms with Gasteiger partial charge in [0.15, 0.2) is 0 Å². The number of rotatable bonds is 13. The van der Waals surface area contributed by atoms with Crippen LogP contribution in [-0.2, 0) is 32.6 Å². The van der Waals surface area contributed by atoms with E-state index in [-0.39, 0.29) is 30.6 Å². The van der Waals surface area contributed by atoms with E-state index >= 15 is 0 Å². The Morgan fingerprint density at radius 3 is 2.15 bits per heavy atom. The number of ether oxygens (including phenoxy) is 1. The van der Waals surface area contributed by atoms with Crippen molar-refractivity contribution in [1.29, 1.82) is 0 Å². The molecule has 3 aromatic carbocycles. The second-order valence-electron chi connectivity index (χ2n) is 9.97. The highest BCUT2D eigenvalue weighted by Gasteiger charge is 2.34. The van der Waals surface area contributed by atoms with Crippen LogP contribution in [0.5, 0.6) is 5.75 Å². The van der Waals surface area contributed by atoms with Crippen LogP contribution in [0, 0.1) is 6.92 Å². The van der Waals surface area contributed by atoms with Crippen molar-refractivity contribution in [2.75, 3.05) is 24.2 Å². The lowest BCUT2D eigenvalue weighted by Crippen LogP contribution is -2.54. The van der Waals surface area contributed by atoms with Crippen molar-refractivity contribution in [3.05, 3.63) is 95.6 Å². The van der Waals surface area contributed by atoms with Gasteiger partial charge in [-0.25, -0.2) is 8.42 Å². The van der Waals surface area contributed by atoms with E-state index in [2.05, 4.69) is 5.32 Å². The lowest BCUT2D eigenvalue weighted by atomic mass is 10.0. The molecule has 0 radical (unpaired) electrons. The summed E-state index contributed by atoms with van der Waals surface area (Å²) in [5, 5.41) is 3.03. The Bertz CT molecular complexity index is 1380. The highest BCUT2D eigenvalue weighted by molar-refractivity contribution is 7.92. The maximum atomic E-state index is 14.1. The summed E-state index contributed by atoms with van der Waals surface area (Å²) in [5.41, 5.74) is 3.03. The van der Waals surface area contributed by atoms with Crippen LogP contribution in [0.3, 0.4) is 0 Å². The lowest BCUT2D eigenvalue weighted by Gasteiger charge is -2.34. The Labute approximate surface area is 238 Å². The van der Waals surface area contributed by atoms with Crippen molar-refractivity contribution in [2.45, 2.75) is 52.2 Å². The molecule has 0 aromatic heterocycles. The first-order chi connectivity index (χ1) is 19.0. The Kier molecular flexibility index (Phi) is 10.7. The summed E-state index contributed by atoms with van der Waals surface area (Å²) in [5.74, 6) is -0.472. The van der Waals surface area contributed by atoms with Gasteiger partial charge < -0.3 is 15.0 Å². The molecule has 2 atom stereocenters. The molecule has 1 N–H and O–H groups in total. The molecule has 2 amide bonds. The number of hydrogen-bond acceptors (Lipinski definition) is 5. The number of aryl methyl sites for hydroxylation is 1. The number of hydrogen-bond donors (Lipinski definition) is 1. The van der Waals surface area contributed by atoms with Gasteiger partial charge in [0, 0.05) is 19.0 Å². The zero-order chi connectivity index (χ0) is 29.3. The van der Waals surface area contributed by atoms with E-state index in [0.29, 0.717) is 5.75 Å². The summed E-state index contributed by atoms with van der Waals surface area (Å²) in [4.78, 5) is 29.3. The molecule has 0 fully saturated rings. The third kappa shape index (κ3) is 8.32. The summed E-state index contributed by atoms with van der Waals surface area (Å²) >= 11 is 0. The minimum absolute atomic E-state index is 0.0943. The number of benzene rings is 3. The molecule has 40 heavy (non-hydrogen) atoms. The number of nitrogens with zero attached hydrogens (tertiary/aromatic N) is 2. The fourth-order valence-corrected chi connectivity index (χ4v) is 5.17. The van der Waals surface area contributed by atoms with Crippen molar-refractivity contribution in [3.8, 4) is 5.75 Å². The van der Waals surface area contributed by atoms with Gasteiger partial charge in [-0.2, -0.15) is 0 Å². The van der Waals surface area contributed by atoms with E-state index in [1.807, 2.05) is 75.4 Å². The first kappa shape index (κ1) is 30.7. The number of sulfonamides is 1. The highest BCUT2D eigenvalue weighted by Crippen LogP contribution is 2.30. The lowest BCUT2D eigenvalue weighted by molar-refractivity contribution is -0.140. The quantitative estimate of drug-likeness (QED) is 0.333. The molecule has 3 aromatic rings. The number of anilines is 1. The highest BCUT2D eigenvalue weighted by atomic mass is 32.2. The van der Waals surface area contributed by atoms with Crippen molar-refractivity contribution in [1.82, 2.24) is 10.2 Å². The molecule has 9 heteroatoms. The molecule has 8 nitrogen and oxygen atoms in total. The van der Waals surface area contributed by atoms with Crippen LogP contribution in [0.4, 0.5) is 5.69 Å². The number of para-hydroxylation sites is 2. The largest absolute Gasteiger partial charge is 0.495 e. The molecule has 0 aliphatic carbocycles. The average Bonchev–Trinajstić information content (AvgIpc) is 2.94. The molecular weight excluding hydrogens is 526 g/mol. The van der Waals surface area contributed by atoms with E-state index in [0.717, 1.165) is 33.7 Å². The van der Waals surface area contributed by atoms with E-state index < -0.39 is 28.5 Å². The van der Waals surface area contributed by atoms with E-state index in [9.17, 15) is 18.0 Å². The molecular formula is C31H39N3O5S. The van der Waals surface area contributed by atoms with Gasteiger partial charge in [-0.1, -0.05) is 79.2 Å². The van der Waals surface area contributed by atoms with Crippen LogP contribution in [0.25, 0.3) is 0 Å². The van der Waals surface area contributed by atoms with Gasteiger partial charge >= 0.3 is 0 Å². The summed E-state index contributed by atoms with van der Waals surface area (Å²) in [6, 6.07) is 22.9. The van der Waals surface area contributed by atoms with Crippen molar-refractivity contribution < 1.29 is 22.7 Å². The van der Waals surface area contributed by atoms with E-state index in [4.69, 9.17) is 4.74 Å². The molecule has 0 saturated carbocycles. The van der Waals surface area contributed by atoms with E-state index in [1.54, 1.807) is 24.3 Å². The summed E-state index contributed by atoms with van der Waals surface area (Å²) in [6.45, 7) is 5.50. The first-order valence-corrected chi connectivity index (χ1v) is 15.2. The standard InChI is InChI=1S/C31H39N3O5S/c1-6-24(3)32-31(36)28(20-25-12-8-7-9-13-25)33(21-26-18-16-23(2)17-19-26)30(35)22-34(40(5,37)38)27-14-10-11-15-29(27)39-4/h7-19,24,28H,6,20-22H2,1-5H3,(H,32,36)/t24-,28+/m0/s1. The maximum absolute atomic E-state index is 14.1. The minimum Gasteiger partial charge on any atom is -0.495 e. The average molecular weight is 566 g/mol. The zero-order valence-corrected chi connectivity index (χ0v) is 24.6. The summed E-state index contributed by atoms with van der Waals surface area (Å²) < 4.78 is 32.3. The third-order valence-electron chi connectivity index (χ3n) is 6.78. The molecule has 0 heterocycles. The van der Waals surface area contributed by atoms with Crippen molar-refractivity contribution in [3.63, 3.8) is 0 Å². The fraction of sp³-hybridized carbons (Fsp3) is 0.355. The smallest absolute Gasteiger partial charge is 0.244 e. The Balaban J connectivity index is 2.07. The predicted molar refractivity (Wildman–Crippen MR) is 159 cm³/mol. The van der Waals surface area contributed by atoms with Crippen LogP contribution >= 0.6 is 0 Å². The third-order valence-corrected chi connectivity index (χ3v) is 7.91. The van der Waals surface area contributed by atoms with Crippen molar-refractivity contribution >= 4 is 27.5 Å². The molecule has 0 unspecified atom stereocenters. The van der Waals surface area contributed by atoms with Crippen LogP contribution in [0.2, 0.25) is 0 Å². The SMILES string of the molecule is CC[C@H](C)NC(=O)[C@@H](Cc1ccccc1)N(Cc1ccc(C)cc1)C(=O)CN(c1ccccc1OC)S(C)(=O)=O. The number of nitrogens with one attached hydrogen (secondary N) is 1. The molecule has 0 spiro atoms. The first-order valence-electron chi connectivity index (χ1n) is 13.3. The predicted octanol–water partition coefficient (Wildman–Crippen LogP) is 4.32. The zero-order valence-electron chi connectivity index (χ0n) is 23.8. The van der Waals surface area contributed by atoms with Gasteiger partial charge in [-0.3, -0.25) is 13.9 Å². The summed E-state index contributed by atoms with van der Waals surface area (Å²) in [6.07, 6.45) is 2.05. The number of amides is 2. The molecule has 0 saturated heterocycles. The summed E-state index contributed by atoms with van der Waals surface area (Å²) in [7, 11) is -2.44. The van der Waals surface area contributed by atoms with Gasteiger partial charge in [0.05, 0.1) is 19.1 Å². The normalized spacial score (nSPS) is 12.7. The second-order valence-corrected chi connectivity index (χ2v) is 11.9. The van der Waals surface area contributed by atoms with Crippen molar-refractivity contribution in [2.24, 2.45) is 0 Å². The van der Waals surface area contributed by atoms with Gasteiger partial charge in [0.2, 0.25) is 21.8 Å². The van der Waals surface area contributed by atoms with Gasteiger partial charge in [0.25, 0.3) is 0 Å². The van der Waals surface area contributed by atoms with E-state index in [1.165, 1.54) is 12.0 Å². The Morgan fingerprint density at radius 1 is 0.925 bits per heavy atom. The molecule has 0 bridgehead atoms. The van der Waals surface area contributed by atoms with Gasteiger partial charge in [0.1, 0.15) is 18.3 Å². The van der Waals surface area contributed by atoms with Gasteiger partial charge in [-0.05, 0) is 43.5 Å². The van der Waals surface area contributed by atoms with Gasteiger partial charge in [-0.15, -0.1) is 0 Å². The number of carbonyl (C=O) groups excluding carboxylic acids is 2. The fourth-order valence-electron chi connectivity index (χ4n) is 4.32. The maximum Gasteiger partial charge on any atom is 0.244 e. The van der Waals surface area contributed by atoms with Crippen LogP contribution < -0.4 is 14.4 Å².